The fourth-order valence-electron chi connectivity index (χ4n) is 1.24. The molecule has 2 heterocycles. The number of rotatable bonds is 4. The Kier molecular flexibility index (Phi) is 3.31. The van der Waals surface area contributed by atoms with Gasteiger partial charge in [0.15, 0.2) is 5.82 Å². The fraction of sp³-hybridized carbons (Fsp3) is 0.300. The molecule has 5 nitrogen and oxygen atoms in total. The first kappa shape index (κ1) is 10.8. The van der Waals surface area contributed by atoms with Crippen LogP contribution in [0.25, 0.3) is 11.3 Å². The molecule has 0 fully saturated rings. The van der Waals surface area contributed by atoms with Gasteiger partial charge in [0.2, 0.25) is 0 Å². The maximum Gasteiger partial charge on any atom is 0.165 e. The molecule has 6 heteroatoms. The summed E-state index contributed by atoms with van der Waals surface area (Å²) in [5, 5.41) is 0. The summed E-state index contributed by atoms with van der Waals surface area (Å²) >= 11 is 1.09. The molecule has 0 spiro atoms. The molecule has 0 aliphatic rings. The molecule has 0 bridgehead atoms. The highest BCUT2D eigenvalue weighted by Crippen LogP contribution is 2.25. The third-order valence-corrected chi connectivity index (χ3v) is 2.52. The van der Waals surface area contributed by atoms with Crippen LogP contribution in [0, 0.1) is 0 Å². The zero-order valence-corrected chi connectivity index (χ0v) is 9.70. The summed E-state index contributed by atoms with van der Waals surface area (Å²) in [6.07, 6.45) is 4.34. The van der Waals surface area contributed by atoms with Crippen LogP contribution in [0.5, 0.6) is 5.75 Å². The van der Waals surface area contributed by atoms with Gasteiger partial charge < -0.3 is 10.5 Å². The summed E-state index contributed by atoms with van der Waals surface area (Å²) in [5.74, 6) is 1.16. The van der Waals surface area contributed by atoms with Gasteiger partial charge in [-0.05, 0) is 12.5 Å². The number of hydrogen-bond donors (Lipinski definition) is 1. The molecular weight excluding hydrogens is 224 g/mol. The molecule has 0 saturated heterocycles. The molecule has 2 rings (SSSR count). The lowest BCUT2D eigenvalue weighted by molar-refractivity contribution is 0.316. The average molecular weight is 236 g/mol. The highest BCUT2D eigenvalue weighted by molar-refractivity contribution is 6.99. The van der Waals surface area contributed by atoms with Crippen molar-refractivity contribution in [1.82, 2.24) is 13.7 Å². The van der Waals surface area contributed by atoms with Gasteiger partial charge in [-0.2, -0.15) is 8.75 Å². The quantitative estimate of drug-likeness (QED) is 0.878. The summed E-state index contributed by atoms with van der Waals surface area (Å²) in [4.78, 5) is 4.09. The van der Waals surface area contributed by atoms with E-state index in [9.17, 15) is 0 Å². The molecule has 2 aromatic heterocycles. The van der Waals surface area contributed by atoms with Crippen molar-refractivity contribution in [3.63, 3.8) is 0 Å². The molecular formula is C10H12N4OS. The number of anilines is 1. The second kappa shape index (κ2) is 4.89. The van der Waals surface area contributed by atoms with Gasteiger partial charge in [0.25, 0.3) is 0 Å². The molecule has 2 N–H and O–H groups in total. The highest BCUT2D eigenvalue weighted by Gasteiger charge is 2.08. The predicted molar refractivity (Wildman–Crippen MR) is 63.3 cm³/mol. The third-order valence-electron chi connectivity index (χ3n) is 1.97. The van der Waals surface area contributed by atoms with E-state index in [-0.39, 0.29) is 0 Å². The van der Waals surface area contributed by atoms with Gasteiger partial charge in [-0.1, -0.05) is 6.92 Å². The lowest BCUT2D eigenvalue weighted by atomic mass is 10.2. The van der Waals surface area contributed by atoms with Crippen LogP contribution in [0.1, 0.15) is 13.3 Å². The monoisotopic (exact) mass is 236 g/mol. The Hall–Kier alpha value is -1.69. The van der Waals surface area contributed by atoms with E-state index in [0.717, 1.165) is 29.5 Å². The molecule has 0 aliphatic carbocycles. The van der Waals surface area contributed by atoms with Crippen LogP contribution in [0.3, 0.4) is 0 Å². The molecule has 0 atom stereocenters. The van der Waals surface area contributed by atoms with Gasteiger partial charge in [0.05, 0.1) is 24.5 Å². The summed E-state index contributed by atoms with van der Waals surface area (Å²) in [6, 6.07) is 1.87. The summed E-state index contributed by atoms with van der Waals surface area (Å²) in [5.41, 5.74) is 7.19. The van der Waals surface area contributed by atoms with Crippen molar-refractivity contribution in [2.45, 2.75) is 13.3 Å². The van der Waals surface area contributed by atoms with Crippen LogP contribution in [0.2, 0.25) is 0 Å². The molecule has 16 heavy (non-hydrogen) atoms. The van der Waals surface area contributed by atoms with Crippen molar-refractivity contribution in [3.8, 4) is 17.0 Å². The molecule has 2 aromatic rings. The minimum absolute atomic E-state index is 0.430. The average Bonchev–Trinajstić information content (AvgIpc) is 2.73. The van der Waals surface area contributed by atoms with Gasteiger partial charge in [-0.15, -0.1) is 0 Å². The van der Waals surface area contributed by atoms with E-state index in [1.165, 1.54) is 0 Å². The number of pyridine rings is 1. The summed E-state index contributed by atoms with van der Waals surface area (Å²) in [7, 11) is 0. The second-order valence-electron chi connectivity index (χ2n) is 3.26. The number of ether oxygens (including phenoxy) is 1. The topological polar surface area (TPSA) is 73.9 Å². The van der Waals surface area contributed by atoms with Crippen LogP contribution < -0.4 is 10.5 Å². The van der Waals surface area contributed by atoms with E-state index >= 15 is 0 Å². The zero-order chi connectivity index (χ0) is 11.4. The molecule has 84 valence electrons. The van der Waals surface area contributed by atoms with E-state index in [1.54, 1.807) is 12.4 Å². The minimum Gasteiger partial charge on any atom is -0.492 e. The maximum atomic E-state index is 5.69. The Morgan fingerprint density at radius 1 is 1.38 bits per heavy atom. The van der Waals surface area contributed by atoms with E-state index in [0.29, 0.717) is 18.1 Å². The van der Waals surface area contributed by atoms with Gasteiger partial charge in [-0.25, -0.2) is 0 Å². The van der Waals surface area contributed by atoms with Crippen molar-refractivity contribution in [2.24, 2.45) is 0 Å². The van der Waals surface area contributed by atoms with Crippen LogP contribution in [-0.4, -0.2) is 20.3 Å². The van der Waals surface area contributed by atoms with Crippen LogP contribution >= 0.6 is 11.7 Å². The molecule has 0 amide bonds. The van der Waals surface area contributed by atoms with Gasteiger partial charge in [-0.3, -0.25) is 4.98 Å². The molecule has 0 radical (unpaired) electrons. The zero-order valence-electron chi connectivity index (χ0n) is 8.88. The Bertz CT molecular complexity index is 471. The van der Waals surface area contributed by atoms with Crippen LogP contribution in [-0.2, 0) is 0 Å². The van der Waals surface area contributed by atoms with Crippen LogP contribution in [0.15, 0.2) is 18.5 Å². The van der Waals surface area contributed by atoms with Crippen molar-refractivity contribution in [1.29, 1.82) is 0 Å². The Morgan fingerprint density at radius 2 is 2.25 bits per heavy atom. The smallest absolute Gasteiger partial charge is 0.165 e. The number of nitrogens with zero attached hydrogens (tertiary/aromatic N) is 3. The Labute approximate surface area is 97.6 Å². The number of nitrogen functional groups attached to an aromatic ring is 1. The first-order valence-electron chi connectivity index (χ1n) is 4.97. The third kappa shape index (κ3) is 2.27. The highest BCUT2D eigenvalue weighted by atomic mass is 32.1. The van der Waals surface area contributed by atoms with E-state index in [1.807, 2.05) is 6.07 Å². The second-order valence-corrected chi connectivity index (χ2v) is 3.78. The minimum atomic E-state index is 0.430. The van der Waals surface area contributed by atoms with Gasteiger partial charge in [0, 0.05) is 11.8 Å². The number of nitrogens with two attached hydrogens (primary N) is 1. The molecule has 0 aromatic carbocycles. The van der Waals surface area contributed by atoms with Crippen molar-refractivity contribution in [3.05, 3.63) is 18.5 Å². The van der Waals surface area contributed by atoms with E-state index in [4.69, 9.17) is 10.5 Å². The number of aromatic nitrogens is 3. The summed E-state index contributed by atoms with van der Waals surface area (Å²) < 4.78 is 13.5. The molecule has 0 saturated carbocycles. The largest absolute Gasteiger partial charge is 0.492 e. The lowest BCUT2D eigenvalue weighted by Crippen LogP contribution is -1.96. The standard InChI is InChI=1S/C10H12N4OS/c1-2-3-15-8-4-7(5-12-6-8)9-10(11)14-16-13-9/h4-6H,2-3H2,1H3,(H2,11,14). The van der Waals surface area contributed by atoms with Crippen LogP contribution in [0.4, 0.5) is 5.82 Å². The first-order valence-corrected chi connectivity index (χ1v) is 5.70. The fourth-order valence-corrected chi connectivity index (χ4v) is 1.74. The first-order chi connectivity index (χ1) is 7.81. The lowest BCUT2D eigenvalue weighted by Gasteiger charge is -2.04. The van der Waals surface area contributed by atoms with E-state index in [2.05, 4.69) is 20.7 Å². The molecule has 0 aliphatic heterocycles. The predicted octanol–water partition coefficient (Wildman–Crippen LogP) is 1.97. The Morgan fingerprint density at radius 3 is 2.94 bits per heavy atom. The number of hydrogen-bond acceptors (Lipinski definition) is 6. The van der Waals surface area contributed by atoms with Gasteiger partial charge >= 0.3 is 0 Å². The SMILES string of the molecule is CCCOc1cncc(-c2nsnc2N)c1. The maximum absolute atomic E-state index is 5.69. The Balaban J connectivity index is 2.26. The normalized spacial score (nSPS) is 10.3. The molecule has 0 unspecified atom stereocenters. The van der Waals surface area contributed by atoms with Gasteiger partial charge in [0.1, 0.15) is 11.4 Å². The summed E-state index contributed by atoms with van der Waals surface area (Å²) in [6.45, 7) is 2.73. The van der Waals surface area contributed by atoms with Crippen molar-refractivity contribution in [2.75, 3.05) is 12.3 Å². The van der Waals surface area contributed by atoms with E-state index < -0.39 is 0 Å². The van der Waals surface area contributed by atoms with Crippen molar-refractivity contribution >= 4 is 17.5 Å². The van der Waals surface area contributed by atoms with Crippen molar-refractivity contribution < 1.29 is 4.74 Å².